The molecule has 6 nitrogen and oxygen atoms in total. The number of carbonyl (C=O) groups is 2. The molecule has 0 aromatic heterocycles. The van der Waals surface area contributed by atoms with Crippen LogP contribution in [0.5, 0.6) is 0 Å². The first-order valence-electron chi connectivity index (χ1n) is 8.06. The molecular formula is C17H21KN2O4. The zero-order chi connectivity index (χ0) is 16.3. The topological polar surface area (TPSA) is 90.5 Å². The van der Waals surface area contributed by atoms with Gasteiger partial charge in [0.05, 0.1) is 18.6 Å². The molecule has 1 fully saturated rings. The Balaban J connectivity index is 0.00000208. The van der Waals surface area contributed by atoms with Gasteiger partial charge in [0.15, 0.2) is 0 Å². The van der Waals surface area contributed by atoms with Crippen molar-refractivity contribution in [3.8, 4) is 0 Å². The molecule has 1 aliphatic carbocycles. The fourth-order valence-corrected chi connectivity index (χ4v) is 3.36. The van der Waals surface area contributed by atoms with Crippen molar-refractivity contribution in [3.05, 3.63) is 35.4 Å². The standard InChI is InChI=1S/C17H22N2O4.K/c20-15(21)17(9-10-23-11-17)19-16(22)18-14-8-4-2-6-12-5-1-3-7-13(12)14;/h1,3,5,7,14H,2,4,6,8-11H2,(H,20,21)(H2,18,19,22);/q;+1/p-1. The average Bonchev–Trinajstić information content (AvgIpc) is 2.91. The van der Waals surface area contributed by atoms with Crippen molar-refractivity contribution in [2.75, 3.05) is 13.2 Å². The maximum atomic E-state index is 12.3. The molecule has 7 heteroatoms. The Labute approximate surface area is 184 Å². The van der Waals surface area contributed by atoms with Crippen LogP contribution in [0.1, 0.15) is 42.9 Å². The maximum Gasteiger partial charge on any atom is 1.00 e. The molecule has 0 radical (unpaired) electrons. The van der Waals surface area contributed by atoms with E-state index < -0.39 is 17.5 Å². The molecule has 1 aromatic rings. The van der Waals surface area contributed by atoms with Gasteiger partial charge in [0, 0.05) is 13.0 Å². The molecule has 1 saturated heterocycles. The van der Waals surface area contributed by atoms with Gasteiger partial charge in [-0.2, -0.15) is 0 Å². The first-order chi connectivity index (χ1) is 11.1. The van der Waals surface area contributed by atoms with E-state index in [1.165, 1.54) is 5.56 Å². The van der Waals surface area contributed by atoms with Crippen molar-refractivity contribution >= 4 is 12.0 Å². The second-order valence-electron chi connectivity index (χ2n) is 6.27. The van der Waals surface area contributed by atoms with Crippen LogP contribution in [0.3, 0.4) is 0 Å². The number of urea groups is 1. The molecule has 2 atom stereocenters. The van der Waals surface area contributed by atoms with E-state index in [9.17, 15) is 14.7 Å². The minimum absolute atomic E-state index is 0. The molecule has 1 aliphatic heterocycles. The van der Waals surface area contributed by atoms with Gasteiger partial charge in [-0.25, -0.2) is 4.79 Å². The molecule has 2 amide bonds. The maximum absolute atomic E-state index is 12.3. The Morgan fingerprint density at radius 2 is 2.04 bits per heavy atom. The number of carboxylic acid groups (broad SMARTS) is 1. The van der Waals surface area contributed by atoms with Crippen molar-refractivity contribution in [2.24, 2.45) is 0 Å². The third kappa shape index (κ3) is 4.39. The van der Waals surface area contributed by atoms with Crippen LogP contribution in [0.25, 0.3) is 0 Å². The van der Waals surface area contributed by atoms with Crippen LogP contribution in [-0.2, 0) is 16.0 Å². The summed E-state index contributed by atoms with van der Waals surface area (Å²) in [6.07, 6.45) is 4.19. The third-order valence-corrected chi connectivity index (χ3v) is 4.69. The van der Waals surface area contributed by atoms with Gasteiger partial charge < -0.3 is 25.3 Å². The van der Waals surface area contributed by atoms with Gasteiger partial charge in [-0.3, -0.25) is 0 Å². The molecule has 2 N–H and O–H groups in total. The monoisotopic (exact) mass is 356 g/mol. The summed E-state index contributed by atoms with van der Waals surface area (Å²) in [7, 11) is 0. The minimum atomic E-state index is -1.42. The second-order valence-corrected chi connectivity index (χ2v) is 6.27. The van der Waals surface area contributed by atoms with Gasteiger partial charge in [-0.15, -0.1) is 0 Å². The number of hydrogen-bond donors (Lipinski definition) is 2. The first kappa shape index (κ1) is 19.9. The van der Waals surface area contributed by atoms with Crippen LogP contribution in [0.4, 0.5) is 4.79 Å². The zero-order valence-electron chi connectivity index (χ0n) is 14.0. The van der Waals surface area contributed by atoms with Gasteiger partial charge in [0.25, 0.3) is 0 Å². The van der Waals surface area contributed by atoms with E-state index in [1.807, 2.05) is 18.2 Å². The van der Waals surface area contributed by atoms with Crippen LogP contribution in [0.15, 0.2) is 24.3 Å². The van der Waals surface area contributed by atoms with E-state index in [0.717, 1.165) is 31.2 Å². The largest absolute Gasteiger partial charge is 1.00 e. The van der Waals surface area contributed by atoms with E-state index in [1.54, 1.807) is 0 Å². The summed E-state index contributed by atoms with van der Waals surface area (Å²) in [5.41, 5.74) is 0.938. The smallest absolute Gasteiger partial charge is 0.547 e. The fraction of sp³-hybridized carbons (Fsp3) is 0.529. The minimum Gasteiger partial charge on any atom is -0.547 e. The number of amides is 2. The summed E-state index contributed by atoms with van der Waals surface area (Å²) in [5.74, 6) is -1.30. The molecule has 0 bridgehead atoms. The third-order valence-electron chi connectivity index (χ3n) is 4.69. The molecule has 0 spiro atoms. The summed E-state index contributed by atoms with van der Waals surface area (Å²) in [6.45, 7) is 0.254. The Morgan fingerprint density at radius 3 is 2.75 bits per heavy atom. The van der Waals surface area contributed by atoms with Crippen LogP contribution in [0, 0.1) is 0 Å². The molecule has 0 saturated carbocycles. The first-order valence-corrected chi connectivity index (χ1v) is 8.06. The van der Waals surface area contributed by atoms with Crippen molar-refractivity contribution < 1.29 is 70.8 Å². The van der Waals surface area contributed by atoms with Crippen LogP contribution in [0.2, 0.25) is 0 Å². The van der Waals surface area contributed by atoms with Gasteiger partial charge in [-0.1, -0.05) is 30.7 Å². The van der Waals surface area contributed by atoms with E-state index in [0.29, 0.717) is 6.61 Å². The number of nitrogens with one attached hydrogen (secondary N) is 2. The Hall–Kier alpha value is -0.444. The van der Waals surface area contributed by atoms with Crippen molar-refractivity contribution in [1.29, 1.82) is 0 Å². The molecule has 24 heavy (non-hydrogen) atoms. The summed E-state index contributed by atoms with van der Waals surface area (Å²) < 4.78 is 5.13. The van der Waals surface area contributed by atoms with Crippen LogP contribution < -0.4 is 67.1 Å². The number of rotatable bonds is 3. The molecule has 1 heterocycles. The van der Waals surface area contributed by atoms with Crippen molar-refractivity contribution in [1.82, 2.24) is 10.6 Å². The van der Waals surface area contributed by atoms with Crippen LogP contribution in [-0.4, -0.2) is 30.8 Å². The predicted octanol–water partition coefficient (Wildman–Crippen LogP) is -2.33. The van der Waals surface area contributed by atoms with Crippen molar-refractivity contribution in [2.45, 2.75) is 43.7 Å². The molecular weight excluding hydrogens is 335 g/mol. The normalized spacial score (nSPS) is 25.8. The molecule has 2 aliphatic rings. The number of fused-ring (bicyclic) bond motifs is 1. The number of carbonyl (C=O) groups excluding carboxylic acids is 2. The number of carboxylic acids is 1. The number of aliphatic carboxylic acids is 1. The van der Waals surface area contributed by atoms with Crippen LogP contribution >= 0.6 is 0 Å². The van der Waals surface area contributed by atoms with E-state index in [-0.39, 0.29) is 70.5 Å². The van der Waals surface area contributed by atoms with E-state index in [2.05, 4.69) is 16.7 Å². The summed E-state index contributed by atoms with van der Waals surface area (Å²) in [6, 6.07) is 7.49. The second kappa shape index (κ2) is 8.78. The zero-order valence-corrected chi connectivity index (χ0v) is 17.1. The molecule has 2 unspecified atom stereocenters. The number of hydrogen-bond acceptors (Lipinski definition) is 4. The number of ether oxygens (including phenoxy) is 1. The summed E-state index contributed by atoms with van der Waals surface area (Å²) in [5, 5.41) is 16.8. The Morgan fingerprint density at radius 1 is 1.25 bits per heavy atom. The molecule has 1 aromatic carbocycles. The Bertz CT molecular complexity index is 602. The average molecular weight is 356 g/mol. The summed E-state index contributed by atoms with van der Waals surface area (Å²) in [4.78, 5) is 23.7. The van der Waals surface area contributed by atoms with E-state index >= 15 is 0 Å². The quantitative estimate of drug-likeness (QED) is 0.469. The molecule has 124 valence electrons. The van der Waals surface area contributed by atoms with Gasteiger partial charge in [0.2, 0.25) is 0 Å². The van der Waals surface area contributed by atoms with Gasteiger partial charge in [0.1, 0.15) is 5.54 Å². The predicted molar refractivity (Wildman–Crippen MR) is 81.6 cm³/mol. The van der Waals surface area contributed by atoms with Gasteiger partial charge >= 0.3 is 57.4 Å². The fourth-order valence-electron chi connectivity index (χ4n) is 3.36. The van der Waals surface area contributed by atoms with E-state index in [4.69, 9.17) is 4.74 Å². The summed E-state index contributed by atoms with van der Waals surface area (Å²) >= 11 is 0. The Kier molecular flexibility index (Phi) is 7.27. The van der Waals surface area contributed by atoms with Gasteiger partial charge in [-0.05, 0) is 30.4 Å². The number of benzene rings is 1. The number of aryl methyl sites for hydroxylation is 1. The van der Waals surface area contributed by atoms with Crippen molar-refractivity contribution in [3.63, 3.8) is 0 Å². The SMILES string of the molecule is O=C(NC1CCCCc2ccccc21)NC1(C(=O)[O-])CCOC1.[K+]. The molecule has 3 rings (SSSR count).